The summed E-state index contributed by atoms with van der Waals surface area (Å²) in [6, 6.07) is 0.643. The Kier molecular flexibility index (Phi) is 4.45. The van der Waals surface area contributed by atoms with Gasteiger partial charge in [0, 0.05) is 37.8 Å². The third-order valence-corrected chi connectivity index (χ3v) is 4.37. The second kappa shape index (κ2) is 5.68. The van der Waals surface area contributed by atoms with Gasteiger partial charge in [0.2, 0.25) is 0 Å². The molecule has 3 heteroatoms. The first-order chi connectivity index (χ1) is 8.08. The molecule has 2 heterocycles. The van der Waals surface area contributed by atoms with Crippen LogP contribution < -0.4 is 5.32 Å². The van der Waals surface area contributed by atoms with Crippen molar-refractivity contribution < 1.29 is 0 Å². The fourth-order valence-electron chi connectivity index (χ4n) is 3.02. The monoisotopic (exact) mass is 239 g/mol. The molecular weight excluding hydrogens is 210 g/mol. The zero-order valence-corrected chi connectivity index (χ0v) is 11.8. The molecule has 17 heavy (non-hydrogen) atoms. The predicted molar refractivity (Wildman–Crippen MR) is 73.4 cm³/mol. The molecule has 1 N–H and O–H groups in total. The lowest BCUT2D eigenvalue weighted by Gasteiger charge is -2.46. The maximum absolute atomic E-state index is 3.58. The van der Waals surface area contributed by atoms with Crippen LogP contribution in [0, 0.1) is 0 Å². The summed E-state index contributed by atoms with van der Waals surface area (Å²) in [4.78, 5) is 5.31. The largest absolute Gasteiger partial charge is 0.311 e. The van der Waals surface area contributed by atoms with Gasteiger partial charge >= 0.3 is 0 Å². The zero-order valence-electron chi connectivity index (χ0n) is 11.8. The molecule has 2 rings (SSSR count). The lowest BCUT2D eigenvalue weighted by atomic mass is 9.98. The highest BCUT2D eigenvalue weighted by molar-refractivity contribution is 4.91. The summed E-state index contributed by atoms with van der Waals surface area (Å²) in [7, 11) is 0. The topological polar surface area (TPSA) is 18.5 Å². The average Bonchev–Trinajstić information content (AvgIpc) is 2.32. The summed E-state index contributed by atoms with van der Waals surface area (Å²) >= 11 is 0. The molecule has 0 bridgehead atoms. The van der Waals surface area contributed by atoms with Crippen molar-refractivity contribution in [2.24, 2.45) is 0 Å². The molecule has 2 fully saturated rings. The molecule has 0 aliphatic carbocycles. The van der Waals surface area contributed by atoms with E-state index in [0.717, 1.165) is 6.54 Å². The first-order valence-corrected chi connectivity index (χ1v) is 7.29. The number of likely N-dealkylation sites (tertiary alicyclic amines) is 1. The van der Waals surface area contributed by atoms with E-state index in [1.807, 2.05) is 0 Å². The van der Waals surface area contributed by atoms with Crippen LogP contribution in [0.5, 0.6) is 0 Å². The lowest BCUT2D eigenvalue weighted by molar-refractivity contribution is 0.0564. The minimum Gasteiger partial charge on any atom is -0.311 e. The molecule has 100 valence electrons. The van der Waals surface area contributed by atoms with Gasteiger partial charge in [-0.15, -0.1) is 0 Å². The highest BCUT2D eigenvalue weighted by atomic mass is 15.3. The second-order valence-electron chi connectivity index (χ2n) is 6.44. The molecule has 1 atom stereocenters. The highest BCUT2D eigenvalue weighted by Gasteiger charge is 2.32. The second-order valence-corrected chi connectivity index (χ2v) is 6.44. The molecule has 2 aliphatic rings. The molecule has 0 aromatic carbocycles. The molecule has 0 spiro atoms. The molecule has 2 saturated heterocycles. The molecule has 0 radical (unpaired) electrons. The van der Waals surface area contributed by atoms with E-state index < -0.39 is 0 Å². The van der Waals surface area contributed by atoms with Crippen LogP contribution in [0.3, 0.4) is 0 Å². The summed E-state index contributed by atoms with van der Waals surface area (Å²) in [5.74, 6) is 0. The van der Waals surface area contributed by atoms with Crippen molar-refractivity contribution in [1.82, 2.24) is 15.1 Å². The van der Waals surface area contributed by atoms with Crippen LogP contribution in [0.1, 0.15) is 40.0 Å². The van der Waals surface area contributed by atoms with Crippen molar-refractivity contribution in [3.8, 4) is 0 Å². The van der Waals surface area contributed by atoms with E-state index in [0.29, 0.717) is 11.6 Å². The van der Waals surface area contributed by atoms with Crippen LogP contribution in [0.15, 0.2) is 0 Å². The van der Waals surface area contributed by atoms with E-state index in [4.69, 9.17) is 0 Å². The molecule has 2 aliphatic heterocycles. The SMILES string of the molecule is CC1CN(CCN2CCCCC2)C(C)(C)CN1. The van der Waals surface area contributed by atoms with E-state index in [1.165, 1.54) is 52.0 Å². The summed E-state index contributed by atoms with van der Waals surface area (Å²) in [6.45, 7) is 14.5. The van der Waals surface area contributed by atoms with Crippen LogP contribution in [-0.4, -0.2) is 60.6 Å². The summed E-state index contributed by atoms with van der Waals surface area (Å²) < 4.78 is 0. The maximum Gasteiger partial charge on any atom is 0.0278 e. The van der Waals surface area contributed by atoms with Gasteiger partial charge in [-0.25, -0.2) is 0 Å². The van der Waals surface area contributed by atoms with Crippen LogP contribution in [0.2, 0.25) is 0 Å². The van der Waals surface area contributed by atoms with Crippen LogP contribution >= 0.6 is 0 Å². The summed E-state index contributed by atoms with van der Waals surface area (Å²) in [5, 5.41) is 3.58. The molecule has 0 saturated carbocycles. The molecule has 1 unspecified atom stereocenters. The van der Waals surface area contributed by atoms with Crippen molar-refractivity contribution in [2.45, 2.75) is 51.6 Å². The first kappa shape index (κ1) is 13.3. The molecular formula is C14H29N3. The maximum atomic E-state index is 3.58. The Hall–Kier alpha value is -0.120. The van der Waals surface area contributed by atoms with Crippen LogP contribution in [0.25, 0.3) is 0 Å². The normalized spacial score (nSPS) is 31.6. The van der Waals surface area contributed by atoms with Gasteiger partial charge in [0.15, 0.2) is 0 Å². The molecule has 0 aromatic rings. The van der Waals surface area contributed by atoms with Gasteiger partial charge in [0.1, 0.15) is 0 Å². The van der Waals surface area contributed by atoms with Crippen molar-refractivity contribution in [3.05, 3.63) is 0 Å². The number of rotatable bonds is 3. The zero-order chi connectivity index (χ0) is 12.3. The number of piperidine rings is 1. The minimum atomic E-state index is 0.322. The van der Waals surface area contributed by atoms with Gasteiger partial charge < -0.3 is 10.2 Å². The first-order valence-electron chi connectivity index (χ1n) is 7.29. The number of piperazine rings is 1. The molecule has 0 amide bonds. The van der Waals surface area contributed by atoms with Gasteiger partial charge in [-0.2, -0.15) is 0 Å². The van der Waals surface area contributed by atoms with Gasteiger partial charge in [-0.3, -0.25) is 4.90 Å². The van der Waals surface area contributed by atoms with E-state index >= 15 is 0 Å². The smallest absolute Gasteiger partial charge is 0.0278 e. The summed E-state index contributed by atoms with van der Waals surface area (Å²) in [5.41, 5.74) is 0.322. The number of nitrogens with zero attached hydrogens (tertiary/aromatic N) is 2. The fourth-order valence-corrected chi connectivity index (χ4v) is 3.02. The average molecular weight is 239 g/mol. The van der Waals surface area contributed by atoms with Crippen molar-refractivity contribution in [1.29, 1.82) is 0 Å². The van der Waals surface area contributed by atoms with Crippen molar-refractivity contribution in [3.63, 3.8) is 0 Å². The van der Waals surface area contributed by atoms with Gasteiger partial charge in [0.05, 0.1) is 0 Å². The van der Waals surface area contributed by atoms with Gasteiger partial charge in [-0.05, 0) is 46.7 Å². The Labute approximate surface area is 107 Å². The van der Waals surface area contributed by atoms with E-state index in [9.17, 15) is 0 Å². The third-order valence-electron chi connectivity index (χ3n) is 4.37. The predicted octanol–water partition coefficient (Wildman–Crippen LogP) is 1.54. The van der Waals surface area contributed by atoms with Gasteiger partial charge in [-0.1, -0.05) is 6.42 Å². The Bertz CT molecular complexity index is 234. The molecule has 0 aromatic heterocycles. The minimum absolute atomic E-state index is 0.322. The van der Waals surface area contributed by atoms with E-state index in [1.54, 1.807) is 0 Å². The Morgan fingerprint density at radius 2 is 1.82 bits per heavy atom. The fraction of sp³-hybridized carbons (Fsp3) is 1.00. The number of hydrogen-bond donors (Lipinski definition) is 1. The number of nitrogens with one attached hydrogen (secondary N) is 1. The summed E-state index contributed by atoms with van der Waals surface area (Å²) in [6.07, 6.45) is 4.25. The lowest BCUT2D eigenvalue weighted by Crippen LogP contribution is -2.62. The van der Waals surface area contributed by atoms with Crippen molar-refractivity contribution in [2.75, 3.05) is 39.3 Å². The third kappa shape index (κ3) is 3.67. The standard InChI is InChI=1S/C14H29N3/c1-13-11-17(14(2,3)12-15-13)10-9-16-7-5-4-6-8-16/h13,15H,4-12H2,1-3H3. The Morgan fingerprint density at radius 1 is 1.12 bits per heavy atom. The highest BCUT2D eigenvalue weighted by Crippen LogP contribution is 2.18. The Morgan fingerprint density at radius 3 is 2.53 bits per heavy atom. The Balaban J connectivity index is 1.79. The van der Waals surface area contributed by atoms with Crippen LogP contribution in [0.4, 0.5) is 0 Å². The van der Waals surface area contributed by atoms with E-state index in [-0.39, 0.29) is 0 Å². The molecule has 3 nitrogen and oxygen atoms in total. The van der Waals surface area contributed by atoms with Crippen molar-refractivity contribution >= 4 is 0 Å². The van der Waals surface area contributed by atoms with Gasteiger partial charge in [0.25, 0.3) is 0 Å². The quantitative estimate of drug-likeness (QED) is 0.806. The number of hydrogen-bond acceptors (Lipinski definition) is 3. The van der Waals surface area contributed by atoms with E-state index in [2.05, 4.69) is 35.9 Å². The van der Waals surface area contributed by atoms with Crippen LogP contribution in [-0.2, 0) is 0 Å².